The van der Waals surface area contributed by atoms with Crippen molar-refractivity contribution in [3.63, 3.8) is 0 Å². The lowest BCUT2D eigenvalue weighted by molar-refractivity contribution is -0.117. The first-order valence-electron chi connectivity index (χ1n) is 6.57. The number of nitrogens with one attached hydrogen (secondary N) is 1. The number of carbonyl (C=O) groups excluding carboxylic acids is 1. The first-order chi connectivity index (χ1) is 9.23. The lowest BCUT2D eigenvalue weighted by Gasteiger charge is -2.14. The molecular weight excluding hydrogens is 276 g/mol. The smallest absolute Gasteiger partial charge is 0.242 e. The Balaban J connectivity index is 2.28. The van der Waals surface area contributed by atoms with Crippen molar-refractivity contribution in [2.45, 2.75) is 25.2 Å². The van der Waals surface area contributed by atoms with Gasteiger partial charge in [-0.15, -0.1) is 0 Å². The van der Waals surface area contributed by atoms with Crippen molar-refractivity contribution in [3.05, 3.63) is 23.8 Å². The highest BCUT2D eigenvalue weighted by Crippen LogP contribution is 2.38. The molecule has 0 heterocycles. The SMILES string of the molecule is Cc1ccc(S(=O)(=O)N(C)C)cc1NC(=O)[C@H]1C[C@@H]1C. The Labute approximate surface area is 120 Å². The molecule has 1 aliphatic rings. The fourth-order valence-corrected chi connectivity index (χ4v) is 2.95. The lowest BCUT2D eigenvalue weighted by atomic mass is 10.2. The van der Waals surface area contributed by atoms with E-state index in [9.17, 15) is 13.2 Å². The van der Waals surface area contributed by atoms with Crippen LogP contribution in [-0.2, 0) is 14.8 Å². The summed E-state index contributed by atoms with van der Waals surface area (Å²) in [6.07, 6.45) is 0.903. The molecule has 20 heavy (non-hydrogen) atoms. The molecule has 1 aromatic rings. The summed E-state index contributed by atoms with van der Waals surface area (Å²) in [7, 11) is -0.514. The van der Waals surface area contributed by atoms with Crippen LogP contribution in [0, 0.1) is 18.8 Å². The quantitative estimate of drug-likeness (QED) is 0.922. The second-order valence-electron chi connectivity index (χ2n) is 5.57. The van der Waals surface area contributed by atoms with E-state index in [1.54, 1.807) is 12.1 Å². The Bertz CT molecular complexity index is 638. The molecule has 5 nitrogen and oxygen atoms in total. The zero-order valence-electron chi connectivity index (χ0n) is 12.2. The van der Waals surface area contributed by atoms with Gasteiger partial charge in [-0.3, -0.25) is 4.79 Å². The van der Waals surface area contributed by atoms with E-state index in [4.69, 9.17) is 0 Å². The van der Waals surface area contributed by atoms with Crippen molar-refractivity contribution in [1.82, 2.24) is 4.31 Å². The van der Waals surface area contributed by atoms with Crippen LogP contribution in [0.2, 0.25) is 0 Å². The van der Waals surface area contributed by atoms with Gasteiger partial charge in [0.05, 0.1) is 4.90 Å². The molecule has 1 N–H and O–H groups in total. The maximum Gasteiger partial charge on any atom is 0.242 e. The van der Waals surface area contributed by atoms with Gasteiger partial charge in [0.1, 0.15) is 0 Å². The Morgan fingerprint density at radius 3 is 2.45 bits per heavy atom. The molecule has 2 rings (SSSR count). The van der Waals surface area contributed by atoms with Crippen molar-refractivity contribution < 1.29 is 13.2 Å². The highest BCUT2D eigenvalue weighted by molar-refractivity contribution is 7.89. The van der Waals surface area contributed by atoms with Crippen LogP contribution in [0.15, 0.2) is 23.1 Å². The summed E-state index contributed by atoms with van der Waals surface area (Å²) in [5, 5.41) is 2.83. The Hall–Kier alpha value is -1.40. The van der Waals surface area contributed by atoms with Gasteiger partial charge in [-0.1, -0.05) is 13.0 Å². The number of nitrogens with zero attached hydrogens (tertiary/aromatic N) is 1. The van der Waals surface area contributed by atoms with E-state index in [1.807, 2.05) is 13.8 Å². The minimum absolute atomic E-state index is 0.0278. The number of hydrogen-bond donors (Lipinski definition) is 1. The van der Waals surface area contributed by atoms with Crippen LogP contribution in [0.5, 0.6) is 0 Å². The average Bonchev–Trinajstić information content (AvgIpc) is 3.09. The van der Waals surface area contributed by atoms with Gasteiger partial charge in [0.25, 0.3) is 0 Å². The van der Waals surface area contributed by atoms with Crippen LogP contribution in [0.25, 0.3) is 0 Å². The van der Waals surface area contributed by atoms with Crippen LogP contribution in [0.4, 0.5) is 5.69 Å². The highest BCUT2D eigenvalue weighted by atomic mass is 32.2. The Morgan fingerprint density at radius 1 is 1.35 bits per heavy atom. The number of carbonyl (C=O) groups is 1. The molecule has 1 aromatic carbocycles. The minimum Gasteiger partial charge on any atom is -0.326 e. The van der Waals surface area contributed by atoms with E-state index in [2.05, 4.69) is 5.32 Å². The second-order valence-corrected chi connectivity index (χ2v) is 7.72. The van der Waals surface area contributed by atoms with Gasteiger partial charge in [0.15, 0.2) is 0 Å². The van der Waals surface area contributed by atoms with Crippen LogP contribution in [0.1, 0.15) is 18.9 Å². The molecule has 0 spiro atoms. The van der Waals surface area contributed by atoms with E-state index in [0.717, 1.165) is 16.3 Å². The van der Waals surface area contributed by atoms with E-state index in [-0.39, 0.29) is 16.7 Å². The first-order valence-corrected chi connectivity index (χ1v) is 8.01. The lowest BCUT2D eigenvalue weighted by Crippen LogP contribution is -2.22. The molecule has 0 radical (unpaired) electrons. The Kier molecular flexibility index (Phi) is 3.88. The predicted molar refractivity (Wildman–Crippen MR) is 78.0 cm³/mol. The monoisotopic (exact) mass is 296 g/mol. The van der Waals surface area contributed by atoms with Crippen molar-refractivity contribution in [3.8, 4) is 0 Å². The topological polar surface area (TPSA) is 66.5 Å². The van der Waals surface area contributed by atoms with Crippen LogP contribution >= 0.6 is 0 Å². The highest BCUT2D eigenvalue weighted by Gasteiger charge is 2.39. The molecule has 1 aliphatic carbocycles. The summed E-state index contributed by atoms with van der Waals surface area (Å²) >= 11 is 0. The zero-order valence-corrected chi connectivity index (χ0v) is 13.0. The number of rotatable bonds is 4. The molecule has 0 saturated heterocycles. The number of amides is 1. The van der Waals surface area contributed by atoms with Crippen molar-refractivity contribution in [2.24, 2.45) is 11.8 Å². The fraction of sp³-hybridized carbons (Fsp3) is 0.500. The number of aryl methyl sites for hydroxylation is 1. The normalized spacial score (nSPS) is 21.9. The molecule has 0 aromatic heterocycles. The van der Waals surface area contributed by atoms with Gasteiger partial charge >= 0.3 is 0 Å². The molecule has 0 aliphatic heterocycles. The fourth-order valence-electron chi connectivity index (χ4n) is 2.02. The zero-order chi connectivity index (χ0) is 15.1. The van der Waals surface area contributed by atoms with Crippen LogP contribution in [-0.4, -0.2) is 32.7 Å². The van der Waals surface area contributed by atoms with Gasteiger partial charge in [-0.05, 0) is 37.0 Å². The number of sulfonamides is 1. The Morgan fingerprint density at radius 2 is 1.95 bits per heavy atom. The third kappa shape index (κ3) is 2.86. The van der Waals surface area contributed by atoms with Gasteiger partial charge in [-0.2, -0.15) is 0 Å². The molecule has 6 heteroatoms. The van der Waals surface area contributed by atoms with Crippen molar-refractivity contribution in [2.75, 3.05) is 19.4 Å². The van der Waals surface area contributed by atoms with Gasteiger partial charge in [0, 0.05) is 25.7 Å². The van der Waals surface area contributed by atoms with Crippen LogP contribution < -0.4 is 5.32 Å². The predicted octanol–water partition coefficient (Wildman–Crippen LogP) is 1.84. The molecular formula is C14H20N2O3S. The average molecular weight is 296 g/mol. The number of hydrogen-bond acceptors (Lipinski definition) is 3. The molecule has 1 fully saturated rings. The summed E-state index contributed by atoms with van der Waals surface area (Å²) in [5.74, 6) is 0.451. The summed E-state index contributed by atoms with van der Waals surface area (Å²) in [6.45, 7) is 3.88. The minimum atomic E-state index is -3.49. The first kappa shape index (κ1) is 15.0. The molecule has 0 bridgehead atoms. The molecule has 0 unspecified atom stereocenters. The summed E-state index contributed by atoms with van der Waals surface area (Å²) in [5.41, 5.74) is 1.42. The van der Waals surface area contributed by atoms with E-state index >= 15 is 0 Å². The summed E-state index contributed by atoms with van der Waals surface area (Å²) in [6, 6.07) is 4.79. The van der Waals surface area contributed by atoms with Gasteiger partial charge < -0.3 is 5.32 Å². The van der Waals surface area contributed by atoms with E-state index in [1.165, 1.54) is 20.2 Å². The summed E-state index contributed by atoms with van der Waals surface area (Å²) < 4.78 is 25.3. The number of anilines is 1. The van der Waals surface area contributed by atoms with Crippen molar-refractivity contribution >= 4 is 21.6 Å². The third-order valence-electron chi connectivity index (χ3n) is 3.69. The van der Waals surface area contributed by atoms with Gasteiger partial charge in [-0.25, -0.2) is 12.7 Å². The van der Waals surface area contributed by atoms with E-state index < -0.39 is 10.0 Å². The maximum atomic E-state index is 12.1. The van der Waals surface area contributed by atoms with E-state index in [0.29, 0.717) is 11.6 Å². The summed E-state index contributed by atoms with van der Waals surface area (Å²) in [4.78, 5) is 12.1. The second kappa shape index (κ2) is 5.18. The molecule has 1 saturated carbocycles. The standard InChI is InChI=1S/C14H20N2O3S/c1-9-5-6-11(20(18,19)16(3)4)8-13(9)15-14(17)12-7-10(12)2/h5-6,8,10,12H,7H2,1-4H3,(H,15,17)/t10-,12-/m0/s1. The third-order valence-corrected chi connectivity index (χ3v) is 5.50. The maximum absolute atomic E-state index is 12.1. The van der Waals surface area contributed by atoms with Crippen LogP contribution in [0.3, 0.4) is 0 Å². The number of benzene rings is 1. The largest absolute Gasteiger partial charge is 0.326 e. The van der Waals surface area contributed by atoms with Crippen molar-refractivity contribution in [1.29, 1.82) is 0 Å². The van der Waals surface area contributed by atoms with Gasteiger partial charge in [0.2, 0.25) is 15.9 Å². The molecule has 110 valence electrons. The molecule has 2 atom stereocenters. The molecule has 1 amide bonds.